The minimum atomic E-state index is -0.543. The first-order valence-electron chi connectivity index (χ1n) is 9.98. The van der Waals surface area contributed by atoms with Crippen LogP contribution in [0, 0.1) is 12.8 Å². The molecule has 0 atom stereocenters. The van der Waals surface area contributed by atoms with Gasteiger partial charge in [0.15, 0.2) is 0 Å². The number of halogens is 1. The molecule has 8 nitrogen and oxygen atoms in total. The summed E-state index contributed by atoms with van der Waals surface area (Å²) in [5.41, 5.74) is 7.57. The van der Waals surface area contributed by atoms with E-state index in [0.717, 1.165) is 5.69 Å². The van der Waals surface area contributed by atoms with Crippen LogP contribution >= 0.6 is 11.6 Å². The first kappa shape index (κ1) is 23.0. The van der Waals surface area contributed by atoms with E-state index in [9.17, 15) is 9.59 Å². The highest BCUT2D eigenvalue weighted by Gasteiger charge is 2.12. The molecule has 0 aliphatic rings. The fourth-order valence-corrected chi connectivity index (χ4v) is 3.22. The molecule has 0 fully saturated rings. The molecule has 3 rings (SSSR count). The molecule has 0 spiro atoms. The number of ether oxygens (including phenoxy) is 1. The zero-order chi connectivity index (χ0) is 23.3. The Labute approximate surface area is 191 Å². The number of nitrogens with two attached hydrogens (primary N) is 1. The predicted octanol–water partition coefficient (Wildman–Crippen LogP) is 4.44. The number of nitrogens with zero attached hydrogens (tertiary/aromatic N) is 3. The molecule has 0 saturated heterocycles. The molecular weight excluding hydrogens is 430 g/mol. The van der Waals surface area contributed by atoms with Gasteiger partial charge in [0.1, 0.15) is 10.9 Å². The molecule has 1 aromatic carbocycles. The largest absolute Gasteiger partial charge is 0.439 e. The number of benzene rings is 1. The van der Waals surface area contributed by atoms with Gasteiger partial charge >= 0.3 is 0 Å². The van der Waals surface area contributed by atoms with Crippen LogP contribution in [0.3, 0.4) is 0 Å². The van der Waals surface area contributed by atoms with Crippen LogP contribution in [-0.2, 0) is 11.3 Å². The Morgan fingerprint density at radius 3 is 2.72 bits per heavy atom. The number of primary amides is 1. The summed E-state index contributed by atoms with van der Waals surface area (Å²) >= 11 is 6.40. The van der Waals surface area contributed by atoms with E-state index in [1.54, 1.807) is 41.1 Å². The summed E-state index contributed by atoms with van der Waals surface area (Å²) in [7, 11) is 0. The highest BCUT2D eigenvalue weighted by atomic mass is 35.5. The summed E-state index contributed by atoms with van der Waals surface area (Å²) in [6.07, 6.45) is 4.51. The first-order chi connectivity index (χ1) is 15.2. The lowest BCUT2D eigenvalue weighted by Gasteiger charge is -2.07. The lowest BCUT2D eigenvalue weighted by atomic mass is 10.2. The van der Waals surface area contributed by atoms with Gasteiger partial charge in [-0.1, -0.05) is 31.5 Å². The smallest absolute Gasteiger partial charge is 0.248 e. The van der Waals surface area contributed by atoms with Crippen molar-refractivity contribution in [3.05, 3.63) is 70.6 Å². The summed E-state index contributed by atoms with van der Waals surface area (Å²) < 4.78 is 7.36. The zero-order valence-corrected chi connectivity index (χ0v) is 18.8. The second kappa shape index (κ2) is 10.1. The van der Waals surface area contributed by atoms with Gasteiger partial charge in [-0.15, -0.1) is 0 Å². The third-order valence-corrected chi connectivity index (χ3v) is 4.79. The SMILES string of the molecule is Cc1nn(CC(C)C)c(Cl)c1/C=C/C(=O)Nc1ccc(Oc2cccc(C(N)=O)c2)nc1. The predicted molar refractivity (Wildman–Crippen MR) is 124 cm³/mol. The zero-order valence-electron chi connectivity index (χ0n) is 18.0. The topological polar surface area (TPSA) is 112 Å². The Balaban J connectivity index is 1.62. The summed E-state index contributed by atoms with van der Waals surface area (Å²) in [4.78, 5) is 27.7. The molecule has 166 valence electrons. The van der Waals surface area contributed by atoms with Crippen molar-refractivity contribution in [2.75, 3.05) is 5.32 Å². The van der Waals surface area contributed by atoms with E-state index in [0.29, 0.717) is 46.1 Å². The highest BCUT2D eigenvalue weighted by Crippen LogP contribution is 2.23. The van der Waals surface area contributed by atoms with Crippen LogP contribution < -0.4 is 15.8 Å². The molecule has 2 aromatic heterocycles. The number of aromatic nitrogens is 3. The average Bonchev–Trinajstić information content (AvgIpc) is 3.00. The number of nitrogens with one attached hydrogen (secondary N) is 1. The summed E-state index contributed by atoms with van der Waals surface area (Å²) in [6.45, 7) is 6.71. The van der Waals surface area contributed by atoms with Crippen LogP contribution in [0.15, 0.2) is 48.7 Å². The number of hydrogen-bond donors (Lipinski definition) is 2. The van der Waals surface area contributed by atoms with E-state index in [-0.39, 0.29) is 5.91 Å². The van der Waals surface area contributed by atoms with Gasteiger partial charge in [-0.05, 0) is 43.2 Å². The van der Waals surface area contributed by atoms with Crippen molar-refractivity contribution in [2.24, 2.45) is 11.7 Å². The third kappa shape index (κ3) is 5.95. The van der Waals surface area contributed by atoms with Crippen molar-refractivity contribution in [1.82, 2.24) is 14.8 Å². The van der Waals surface area contributed by atoms with Gasteiger partial charge in [0.25, 0.3) is 0 Å². The minimum absolute atomic E-state index is 0.306. The van der Waals surface area contributed by atoms with Crippen LogP contribution in [0.1, 0.15) is 35.5 Å². The quantitative estimate of drug-likeness (QED) is 0.489. The standard InChI is InChI=1S/C23H24ClN5O3/c1-14(2)13-29-22(24)19(15(3)28-29)8-9-20(30)27-17-7-10-21(26-12-17)32-18-6-4-5-16(11-18)23(25)31/h4-12,14H,13H2,1-3H3,(H2,25,31)(H,27,30)/b9-8+. The molecule has 9 heteroatoms. The minimum Gasteiger partial charge on any atom is -0.439 e. The number of pyridine rings is 1. The van der Waals surface area contributed by atoms with Gasteiger partial charge in [0, 0.05) is 29.8 Å². The number of carbonyl (C=O) groups is 2. The monoisotopic (exact) mass is 453 g/mol. The van der Waals surface area contributed by atoms with Gasteiger partial charge < -0.3 is 15.8 Å². The van der Waals surface area contributed by atoms with E-state index in [1.165, 1.54) is 18.3 Å². The van der Waals surface area contributed by atoms with Crippen LogP contribution in [0.5, 0.6) is 11.6 Å². The van der Waals surface area contributed by atoms with Gasteiger partial charge in [-0.2, -0.15) is 5.10 Å². The molecule has 3 aromatic rings. The molecular formula is C23H24ClN5O3. The van der Waals surface area contributed by atoms with Gasteiger partial charge in [0.05, 0.1) is 17.6 Å². The highest BCUT2D eigenvalue weighted by molar-refractivity contribution is 6.31. The number of rotatable bonds is 8. The number of aryl methyl sites for hydroxylation is 1. The summed E-state index contributed by atoms with van der Waals surface area (Å²) in [6, 6.07) is 9.74. The van der Waals surface area contributed by atoms with Gasteiger partial charge in [-0.3, -0.25) is 14.3 Å². The van der Waals surface area contributed by atoms with E-state index in [1.807, 2.05) is 6.92 Å². The Bertz CT molecular complexity index is 1150. The Hall–Kier alpha value is -3.65. The maximum atomic E-state index is 12.3. The normalized spacial score (nSPS) is 11.2. The Kier molecular flexibility index (Phi) is 7.27. The number of anilines is 1. The van der Waals surface area contributed by atoms with Crippen molar-refractivity contribution in [2.45, 2.75) is 27.3 Å². The van der Waals surface area contributed by atoms with Crippen molar-refractivity contribution >= 4 is 35.2 Å². The van der Waals surface area contributed by atoms with E-state index >= 15 is 0 Å². The summed E-state index contributed by atoms with van der Waals surface area (Å²) in [5.74, 6) is 0.261. The molecule has 0 bridgehead atoms. The second-order valence-corrected chi connectivity index (χ2v) is 7.93. The second-order valence-electron chi connectivity index (χ2n) is 7.57. The summed E-state index contributed by atoms with van der Waals surface area (Å²) in [5, 5.41) is 7.66. The Morgan fingerprint density at radius 2 is 2.06 bits per heavy atom. The van der Waals surface area contributed by atoms with Crippen molar-refractivity contribution in [3.63, 3.8) is 0 Å². The van der Waals surface area contributed by atoms with Crippen LogP contribution in [0.2, 0.25) is 5.15 Å². The molecule has 3 N–H and O–H groups in total. The first-order valence-corrected chi connectivity index (χ1v) is 10.4. The fourth-order valence-electron chi connectivity index (χ4n) is 2.91. The number of amides is 2. The Morgan fingerprint density at radius 1 is 1.28 bits per heavy atom. The van der Waals surface area contributed by atoms with E-state index in [2.05, 4.69) is 29.2 Å². The fraction of sp³-hybridized carbons (Fsp3) is 0.217. The van der Waals surface area contributed by atoms with Gasteiger partial charge in [-0.25, -0.2) is 4.98 Å². The molecule has 0 saturated carbocycles. The van der Waals surface area contributed by atoms with Crippen molar-refractivity contribution in [3.8, 4) is 11.6 Å². The van der Waals surface area contributed by atoms with Crippen LogP contribution in [0.25, 0.3) is 6.08 Å². The van der Waals surface area contributed by atoms with Crippen molar-refractivity contribution < 1.29 is 14.3 Å². The van der Waals surface area contributed by atoms with Crippen molar-refractivity contribution in [1.29, 1.82) is 0 Å². The van der Waals surface area contributed by atoms with E-state index in [4.69, 9.17) is 22.1 Å². The molecule has 0 aliphatic carbocycles. The molecule has 32 heavy (non-hydrogen) atoms. The van der Waals surface area contributed by atoms with E-state index < -0.39 is 5.91 Å². The molecule has 0 radical (unpaired) electrons. The maximum Gasteiger partial charge on any atom is 0.248 e. The average molecular weight is 454 g/mol. The van der Waals surface area contributed by atoms with Crippen LogP contribution in [0.4, 0.5) is 5.69 Å². The molecule has 0 aliphatic heterocycles. The lowest BCUT2D eigenvalue weighted by Crippen LogP contribution is -2.10. The van der Waals surface area contributed by atoms with Gasteiger partial charge in [0.2, 0.25) is 17.7 Å². The lowest BCUT2D eigenvalue weighted by molar-refractivity contribution is -0.111. The molecule has 2 amide bonds. The maximum absolute atomic E-state index is 12.3. The molecule has 2 heterocycles. The third-order valence-electron chi connectivity index (χ3n) is 4.39. The number of hydrogen-bond acceptors (Lipinski definition) is 5. The molecule has 0 unspecified atom stereocenters. The number of carbonyl (C=O) groups excluding carboxylic acids is 2. The van der Waals surface area contributed by atoms with Crippen LogP contribution in [-0.4, -0.2) is 26.6 Å².